The van der Waals surface area contributed by atoms with Crippen LogP contribution in [0, 0.1) is 0 Å². The van der Waals surface area contributed by atoms with Crippen LogP contribution in [0.3, 0.4) is 0 Å². The zero-order valence-electron chi connectivity index (χ0n) is 14.0. The van der Waals surface area contributed by atoms with Gasteiger partial charge in [0.2, 0.25) is 0 Å². The highest BCUT2D eigenvalue weighted by molar-refractivity contribution is 5.67. The van der Waals surface area contributed by atoms with E-state index in [-0.39, 0.29) is 12.7 Å². The standard InChI is InChI=1S/C19H22N2O4/c22-19(25-12-15-5-2-1-3-6-15)20-11-16-7-4-8-17(21-16)13-24-18-9-10-23-14-18/h1-8,18H,9-14H2,(H,20,22)/t18-/m0/s1. The first-order valence-corrected chi connectivity index (χ1v) is 8.38. The highest BCUT2D eigenvalue weighted by atomic mass is 16.5. The van der Waals surface area contributed by atoms with Crippen LogP contribution < -0.4 is 5.32 Å². The van der Waals surface area contributed by atoms with Crippen LogP contribution in [-0.4, -0.2) is 30.4 Å². The number of rotatable bonds is 7. The molecule has 0 unspecified atom stereocenters. The smallest absolute Gasteiger partial charge is 0.407 e. The van der Waals surface area contributed by atoms with Gasteiger partial charge in [0.15, 0.2) is 0 Å². The quantitative estimate of drug-likeness (QED) is 0.838. The van der Waals surface area contributed by atoms with E-state index in [1.165, 1.54) is 0 Å². The maximum absolute atomic E-state index is 11.8. The van der Waals surface area contributed by atoms with Crippen molar-refractivity contribution in [1.82, 2.24) is 10.3 Å². The van der Waals surface area contributed by atoms with Crippen LogP contribution in [-0.2, 0) is 34.0 Å². The summed E-state index contributed by atoms with van der Waals surface area (Å²) in [6.07, 6.45) is 0.612. The van der Waals surface area contributed by atoms with E-state index in [4.69, 9.17) is 14.2 Å². The first kappa shape index (κ1) is 17.4. The molecule has 1 fully saturated rings. The van der Waals surface area contributed by atoms with Gasteiger partial charge in [-0.3, -0.25) is 4.98 Å². The summed E-state index contributed by atoms with van der Waals surface area (Å²) in [5.74, 6) is 0. The number of carbonyl (C=O) groups is 1. The largest absolute Gasteiger partial charge is 0.445 e. The van der Waals surface area contributed by atoms with Gasteiger partial charge in [-0.05, 0) is 24.1 Å². The highest BCUT2D eigenvalue weighted by Gasteiger charge is 2.16. The van der Waals surface area contributed by atoms with Gasteiger partial charge in [0.1, 0.15) is 6.61 Å². The molecule has 1 aromatic carbocycles. The van der Waals surface area contributed by atoms with Crippen molar-refractivity contribution in [3.8, 4) is 0 Å². The average molecular weight is 342 g/mol. The van der Waals surface area contributed by atoms with Crippen LogP contribution in [0.25, 0.3) is 0 Å². The molecule has 2 heterocycles. The number of hydrogen-bond acceptors (Lipinski definition) is 5. The van der Waals surface area contributed by atoms with Gasteiger partial charge in [0, 0.05) is 6.61 Å². The fourth-order valence-corrected chi connectivity index (χ4v) is 2.49. The fourth-order valence-electron chi connectivity index (χ4n) is 2.49. The van der Waals surface area contributed by atoms with Crippen molar-refractivity contribution < 1.29 is 19.0 Å². The molecule has 25 heavy (non-hydrogen) atoms. The van der Waals surface area contributed by atoms with Crippen LogP contribution in [0.2, 0.25) is 0 Å². The van der Waals surface area contributed by atoms with Crippen molar-refractivity contribution in [2.45, 2.75) is 32.3 Å². The van der Waals surface area contributed by atoms with Gasteiger partial charge in [0.25, 0.3) is 0 Å². The van der Waals surface area contributed by atoms with E-state index in [1.807, 2.05) is 48.5 Å². The lowest BCUT2D eigenvalue weighted by Crippen LogP contribution is -2.24. The summed E-state index contributed by atoms with van der Waals surface area (Å²) < 4.78 is 16.2. The van der Waals surface area contributed by atoms with Gasteiger partial charge in [-0.15, -0.1) is 0 Å². The second-order valence-electron chi connectivity index (χ2n) is 5.83. The van der Waals surface area contributed by atoms with Crippen LogP contribution >= 0.6 is 0 Å². The molecule has 0 bridgehead atoms. The topological polar surface area (TPSA) is 69.7 Å². The van der Waals surface area contributed by atoms with Crippen molar-refractivity contribution in [3.63, 3.8) is 0 Å². The summed E-state index contributed by atoms with van der Waals surface area (Å²) in [6.45, 7) is 2.41. The zero-order chi connectivity index (χ0) is 17.3. The molecule has 3 rings (SSSR count). The molecule has 1 aliphatic heterocycles. The zero-order valence-corrected chi connectivity index (χ0v) is 14.0. The van der Waals surface area contributed by atoms with Crippen molar-refractivity contribution in [3.05, 3.63) is 65.5 Å². The third-order valence-corrected chi connectivity index (χ3v) is 3.85. The summed E-state index contributed by atoms with van der Waals surface area (Å²) in [5, 5.41) is 2.71. The first-order valence-electron chi connectivity index (χ1n) is 8.38. The molecule has 2 aromatic rings. The first-order chi connectivity index (χ1) is 12.3. The van der Waals surface area contributed by atoms with E-state index in [9.17, 15) is 4.79 Å². The molecule has 0 spiro atoms. The molecule has 0 aliphatic carbocycles. The van der Waals surface area contributed by atoms with Crippen LogP contribution in [0.1, 0.15) is 23.4 Å². The minimum atomic E-state index is -0.463. The summed E-state index contributed by atoms with van der Waals surface area (Å²) in [7, 11) is 0. The molecule has 1 amide bonds. The molecule has 6 nitrogen and oxygen atoms in total. The minimum Gasteiger partial charge on any atom is -0.445 e. The van der Waals surface area contributed by atoms with E-state index in [2.05, 4.69) is 10.3 Å². The minimum absolute atomic E-state index is 0.150. The monoisotopic (exact) mass is 342 g/mol. The van der Waals surface area contributed by atoms with E-state index < -0.39 is 6.09 Å². The molecular formula is C19H22N2O4. The maximum Gasteiger partial charge on any atom is 0.407 e. The molecule has 1 aromatic heterocycles. The predicted molar refractivity (Wildman–Crippen MR) is 91.7 cm³/mol. The molecule has 6 heteroatoms. The lowest BCUT2D eigenvalue weighted by Gasteiger charge is -2.10. The summed E-state index contributed by atoms with van der Waals surface area (Å²) >= 11 is 0. The van der Waals surface area contributed by atoms with Crippen LogP contribution in [0.4, 0.5) is 4.79 Å². The second kappa shape index (κ2) is 9.15. The number of aromatic nitrogens is 1. The lowest BCUT2D eigenvalue weighted by atomic mass is 10.2. The van der Waals surface area contributed by atoms with E-state index in [0.29, 0.717) is 19.8 Å². The lowest BCUT2D eigenvalue weighted by molar-refractivity contribution is 0.0301. The average Bonchev–Trinajstić information content (AvgIpc) is 3.18. The number of benzene rings is 1. The number of amides is 1. The van der Waals surface area contributed by atoms with Crippen LogP contribution in [0.15, 0.2) is 48.5 Å². The highest BCUT2D eigenvalue weighted by Crippen LogP contribution is 2.11. The summed E-state index contributed by atoms with van der Waals surface area (Å²) in [5.41, 5.74) is 2.55. The Morgan fingerprint density at radius 3 is 2.76 bits per heavy atom. The Bertz CT molecular complexity index is 672. The van der Waals surface area contributed by atoms with E-state index in [1.54, 1.807) is 0 Å². The number of ether oxygens (including phenoxy) is 3. The van der Waals surface area contributed by atoms with Crippen molar-refractivity contribution in [1.29, 1.82) is 0 Å². The number of nitrogens with zero attached hydrogens (tertiary/aromatic N) is 1. The fraction of sp³-hybridized carbons (Fsp3) is 0.368. The third kappa shape index (κ3) is 5.85. The van der Waals surface area contributed by atoms with E-state index >= 15 is 0 Å². The van der Waals surface area contributed by atoms with E-state index in [0.717, 1.165) is 30.0 Å². The summed E-state index contributed by atoms with van der Waals surface area (Å²) in [4.78, 5) is 16.3. The molecule has 1 atom stereocenters. The molecule has 1 N–H and O–H groups in total. The van der Waals surface area contributed by atoms with Gasteiger partial charge in [0.05, 0.1) is 37.3 Å². The Balaban J connectivity index is 1.41. The SMILES string of the molecule is O=C(NCc1cccc(CO[C@H]2CCOC2)n1)OCc1ccccc1. The normalized spacial score (nSPS) is 16.6. The number of nitrogens with one attached hydrogen (secondary N) is 1. The van der Waals surface area contributed by atoms with Gasteiger partial charge < -0.3 is 19.5 Å². The molecule has 0 radical (unpaired) electrons. The molecule has 132 valence electrons. The Hall–Kier alpha value is -2.44. The number of carbonyl (C=O) groups excluding carboxylic acids is 1. The summed E-state index contributed by atoms with van der Waals surface area (Å²) in [6, 6.07) is 15.2. The second-order valence-corrected chi connectivity index (χ2v) is 5.83. The third-order valence-electron chi connectivity index (χ3n) is 3.85. The number of alkyl carbamates (subject to hydrolysis) is 1. The Morgan fingerprint density at radius 2 is 1.96 bits per heavy atom. The van der Waals surface area contributed by atoms with Gasteiger partial charge >= 0.3 is 6.09 Å². The molecular weight excluding hydrogens is 320 g/mol. The molecule has 1 saturated heterocycles. The van der Waals surface area contributed by atoms with Crippen molar-refractivity contribution in [2.24, 2.45) is 0 Å². The molecule has 0 saturated carbocycles. The van der Waals surface area contributed by atoms with Gasteiger partial charge in [-0.1, -0.05) is 36.4 Å². The van der Waals surface area contributed by atoms with Gasteiger partial charge in [-0.25, -0.2) is 4.79 Å². The Labute approximate surface area is 147 Å². The van der Waals surface area contributed by atoms with Crippen LogP contribution in [0.5, 0.6) is 0 Å². The number of hydrogen-bond donors (Lipinski definition) is 1. The maximum atomic E-state index is 11.8. The van der Waals surface area contributed by atoms with Gasteiger partial charge in [-0.2, -0.15) is 0 Å². The molecule has 1 aliphatic rings. The predicted octanol–water partition coefficient (Wildman–Crippen LogP) is 2.81. The Morgan fingerprint density at radius 1 is 1.12 bits per heavy atom. The van der Waals surface area contributed by atoms with Crippen molar-refractivity contribution in [2.75, 3.05) is 13.2 Å². The van der Waals surface area contributed by atoms with Crippen molar-refractivity contribution >= 4 is 6.09 Å². The number of pyridine rings is 1. The Kier molecular flexibility index (Phi) is 6.36.